The van der Waals surface area contributed by atoms with Crippen molar-refractivity contribution in [2.75, 3.05) is 13.2 Å². The monoisotopic (exact) mass is 469 g/mol. The van der Waals surface area contributed by atoms with E-state index in [1.165, 1.54) is 24.8 Å². The van der Waals surface area contributed by atoms with Gasteiger partial charge in [0.05, 0.1) is 13.0 Å². The summed E-state index contributed by atoms with van der Waals surface area (Å²) in [6.45, 7) is 1.87. The predicted octanol–water partition coefficient (Wildman–Crippen LogP) is 5.07. The summed E-state index contributed by atoms with van der Waals surface area (Å²) < 4.78 is 37.6. The third-order valence-electron chi connectivity index (χ3n) is 4.46. The molecule has 0 saturated carbocycles. The van der Waals surface area contributed by atoms with Crippen LogP contribution in [0.25, 0.3) is 0 Å². The van der Waals surface area contributed by atoms with Gasteiger partial charge in [-0.3, -0.25) is 4.79 Å². The molecule has 2 aromatic rings. The first kappa shape index (κ1) is 28.0. The van der Waals surface area contributed by atoms with Crippen LogP contribution in [0.1, 0.15) is 43.2 Å². The highest BCUT2D eigenvalue weighted by Gasteiger charge is 2.38. The molecule has 2 aromatic carbocycles. The van der Waals surface area contributed by atoms with Gasteiger partial charge in [-0.25, -0.2) is 4.79 Å². The number of nitrogens with one attached hydrogen (secondary N) is 1. The minimum Gasteiger partial charge on any atom is -0.494 e. The van der Waals surface area contributed by atoms with Gasteiger partial charge in [0.2, 0.25) is 0 Å². The number of carbonyl (C=O) groups is 2. The molecule has 0 heterocycles. The summed E-state index contributed by atoms with van der Waals surface area (Å²) in [6.07, 6.45) is 0.908. The molecular formula is C24H30F3NO5. The van der Waals surface area contributed by atoms with E-state index in [2.05, 4.69) is 35.6 Å². The topological polar surface area (TPSA) is 95.9 Å². The lowest BCUT2D eigenvalue weighted by molar-refractivity contribution is -0.192. The van der Waals surface area contributed by atoms with Crippen LogP contribution in [0.2, 0.25) is 0 Å². The number of hydrogen-bond acceptors (Lipinski definition) is 4. The van der Waals surface area contributed by atoms with Crippen molar-refractivity contribution in [3.05, 3.63) is 65.7 Å². The quantitative estimate of drug-likeness (QED) is 0.355. The third-order valence-corrected chi connectivity index (χ3v) is 4.46. The number of hydrogen-bond donors (Lipinski definition) is 3. The number of aryl methyl sites for hydroxylation is 1. The lowest BCUT2D eigenvalue weighted by Crippen LogP contribution is -2.21. The molecule has 0 spiro atoms. The first-order valence-corrected chi connectivity index (χ1v) is 10.7. The van der Waals surface area contributed by atoms with Gasteiger partial charge in [0.15, 0.2) is 0 Å². The average molecular weight is 470 g/mol. The maximum absolute atomic E-state index is 10.6. The number of ether oxygens (including phenoxy) is 1. The van der Waals surface area contributed by atoms with Crippen molar-refractivity contribution in [2.45, 2.75) is 51.2 Å². The zero-order chi connectivity index (χ0) is 24.5. The normalized spacial score (nSPS) is 10.8. The fourth-order valence-corrected chi connectivity index (χ4v) is 2.79. The highest BCUT2D eigenvalue weighted by atomic mass is 19.4. The molecule has 0 aliphatic rings. The van der Waals surface area contributed by atoms with Crippen molar-refractivity contribution in [3.63, 3.8) is 0 Å². The van der Waals surface area contributed by atoms with Gasteiger partial charge in [-0.2, -0.15) is 13.2 Å². The molecular weight excluding hydrogens is 439 g/mol. The average Bonchev–Trinajstić information content (AvgIpc) is 2.77. The van der Waals surface area contributed by atoms with Crippen molar-refractivity contribution >= 4 is 11.9 Å². The van der Waals surface area contributed by atoms with Crippen molar-refractivity contribution in [1.29, 1.82) is 0 Å². The molecule has 6 nitrogen and oxygen atoms in total. The van der Waals surface area contributed by atoms with Crippen molar-refractivity contribution < 1.29 is 37.7 Å². The Morgan fingerprint density at radius 3 is 2.15 bits per heavy atom. The Morgan fingerprint density at radius 2 is 1.52 bits per heavy atom. The summed E-state index contributed by atoms with van der Waals surface area (Å²) in [7, 11) is 0. The van der Waals surface area contributed by atoms with Gasteiger partial charge in [-0.05, 0) is 42.5 Å². The van der Waals surface area contributed by atoms with Gasteiger partial charge in [0, 0.05) is 13.1 Å². The van der Waals surface area contributed by atoms with Crippen LogP contribution < -0.4 is 10.1 Å². The lowest BCUT2D eigenvalue weighted by atomic mass is 10.1. The van der Waals surface area contributed by atoms with Crippen LogP contribution in [-0.2, 0) is 22.6 Å². The maximum Gasteiger partial charge on any atom is 0.490 e. The molecule has 0 amide bonds. The van der Waals surface area contributed by atoms with Crippen LogP contribution in [0.4, 0.5) is 13.2 Å². The van der Waals surface area contributed by atoms with E-state index in [1.54, 1.807) is 0 Å². The van der Waals surface area contributed by atoms with Gasteiger partial charge in [0.25, 0.3) is 0 Å². The summed E-state index contributed by atoms with van der Waals surface area (Å²) >= 11 is 0. The van der Waals surface area contributed by atoms with Crippen molar-refractivity contribution in [1.82, 2.24) is 5.32 Å². The van der Waals surface area contributed by atoms with Crippen molar-refractivity contribution in [2.24, 2.45) is 0 Å². The van der Waals surface area contributed by atoms with E-state index in [-0.39, 0.29) is 6.42 Å². The molecule has 0 atom stereocenters. The molecule has 2 rings (SSSR count). The Bertz CT molecular complexity index is 828. The highest BCUT2D eigenvalue weighted by molar-refractivity contribution is 5.73. The van der Waals surface area contributed by atoms with E-state index in [0.717, 1.165) is 30.8 Å². The number of benzene rings is 2. The maximum atomic E-state index is 10.6. The summed E-state index contributed by atoms with van der Waals surface area (Å²) in [4.78, 5) is 19.4. The number of carboxylic acids is 2. The Kier molecular flexibility index (Phi) is 13.3. The molecule has 33 heavy (non-hydrogen) atoms. The van der Waals surface area contributed by atoms with Gasteiger partial charge < -0.3 is 20.3 Å². The smallest absolute Gasteiger partial charge is 0.490 e. The minimum atomic E-state index is -5.08. The van der Waals surface area contributed by atoms with Crippen LogP contribution in [0, 0.1) is 0 Å². The summed E-state index contributed by atoms with van der Waals surface area (Å²) in [5.74, 6) is -2.65. The summed E-state index contributed by atoms with van der Waals surface area (Å²) in [5.41, 5.74) is 2.52. The number of aliphatic carboxylic acids is 2. The van der Waals surface area contributed by atoms with E-state index >= 15 is 0 Å². The molecule has 0 radical (unpaired) electrons. The SMILES string of the molecule is O=C(O)C(F)(F)F.O=C(O)CCNCc1cccc(OCCCCCCc2ccccc2)c1. The van der Waals surface area contributed by atoms with Gasteiger partial charge >= 0.3 is 18.1 Å². The molecule has 0 fully saturated rings. The number of halogens is 3. The third kappa shape index (κ3) is 14.6. The summed E-state index contributed by atoms with van der Waals surface area (Å²) in [6, 6.07) is 18.6. The standard InChI is InChI=1S/C22H29NO3.C2HF3O2/c24-22(25)14-15-23-18-20-12-8-13-21(17-20)26-16-7-2-1-4-9-19-10-5-3-6-11-19;3-2(4,5)1(6)7/h3,5-6,8,10-13,17,23H,1-2,4,7,9,14-16,18H2,(H,24,25);(H,6,7). The first-order valence-electron chi connectivity index (χ1n) is 10.7. The zero-order valence-corrected chi connectivity index (χ0v) is 18.3. The second kappa shape index (κ2) is 15.7. The highest BCUT2D eigenvalue weighted by Crippen LogP contribution is 2.15. The Labute approximate surface area is 191 Å². The Balaban J connectivity index is 0.000000675. The minimum absolute atomic E-state index is 0.139. The van der Waals surface area contributed by atoms with Crippen LogP contribution in [0.5, 0.6) is 5.75 Å². The largest absolute Gasteiger partial charge is 0.494 e. The molecule has 182 valence electrons. The molecule has 0 saturated heterocycles. The van der Waals surface area contributed by atoms with Gasteiger partial charge in [-0.1, -0.05) is 55.3 Å². The van der Waals surface area contributed by atoms with Crippen LogP contribution in [-0.4, -0.2) is 41.5 Å². The first-order chi connectivity index (χ1) is 15.7. The molecule has 0 aliphatic heterocycles. The second-order valence-electron chi connectivity index (χ2n) is 7.27. The number of alkyl halides is 3. The van der Waals surface area contributed by atoms with Gasteiger partial charge in [0.1, 0.15) is 5.75 Å². The van der Waals surface area contributed by atoms with Gasteiger partial charge in [-0.15, -0.1) is 0 Å². The molecule has 9 heteroatoms. The number of unbranched alkanes of at least 4 members (excludes halogenated alkanes) is 3. The molecule has 3 N–H and O–H groups in total. The van der Waals surface area contributed by atoms with E-state index in [9.17, 15) is 18.0 Å². The molecule has 0 bridgehead atoms. The molecule has 0 unspecified atom stereocenters. The van der Waals surface area contributed by atoms with E-state index in [0.29, 0.717) is 13.1 Å². The van der Waals surface area contributed by atoms with Crippen LogP contribution in [0.15, 0.2) is 54.6 Å². The second-order valence-corrected chi connectivity index (χ2v) is 7.27. The van der Waals surface area contributed by atoms with E-state index < -0.39 is 18.1 Å². The zero-order valence-electron chi connectivity index (χ0n) is 18.3. The summed E-state index contributed by atoms with van der Waals surface area (Å²) in [5, 5.41) is 18.9. The van der Waals surface area contributed by atoms with E-state index in [4.69, 9.17) is 19.7 Å². The number of carboxylic acid groups (broad SMARTS) is 2. The molecule has 0 aliphatic carbocycles. The van der Waals surface area contributed by atoms with Crippen LogP contribution in [0.3, 0.4) is 0 Å². The molecule has 0 aromatic heterocycles. The predicted molar refractivity (Wildman–Crippen MR) is 118 cm³/mol. The lowest BCUT2D eigenvalue weighted by Gasteiger charge is -2.09. The fourth-order valence-electron chi connectivity index (χ4n) is 2.79. The number of rotatable bonds is 13. The van der Waals surface area contributed by atoms with Crippen LogP contribution >= 0.6 is 0 Å². The Hall–Kier alpha value is -3.07. The van der Waals surface area contributed by atoms with Crippen molar-refractivity contribution in [3.8, 4) is 5.75 Å². The fraction of sp³-hybridized carbons (Fsp3) is 0.417. The van der Waals surface area contributed by atoms with E-state index in [1.807, 2.05) is 24.3 Å². The Morgan fingerprint density at radius 1 is 0.879 bits per heavy atom.